The van der Waals surface area contributed by atoms with E-state index in [1.807, 2.05) is 54.6 Å². The lowest BCUT2D eigenvalue weighted by Gasteiger charge is -2.12. The Labute approximate surface area is 180 Å². The number of rotatable bonds is 6. The number of imidazole rings is 1. The fourth-order valence-electron chi connectivity index (χ4n) is 4.06. The van der Waals surface area contributed by atoms with Crippen LogP contribution in [0.15, 0.2) is 60.9 Å². The third kappa shape index (κ3) is 4.22. The molecular weight excluding hydrogens is 390 g/mol. The van der Waals surface area contributed by atoms with E-state index < -0.39 is 0 Å². The van der Waals surface area contributed by atoms with Crippen molar-refractivity contribution in [2.75, 3.05) is 5.32 Å². The lowest BCUT2D eigenvalue weighted by molar-refractivity contribution is 0.141. The second-order valence-electron chi connectivity index (χ2n) is 8.16. The van der Waals surface area contributed by atoms with E-state index in [2.05, 4.69) is 32.2 Å². The number of fused-ring (bicyclic) bond motifs is 1. The van der Waals surface area contributed by atoms with Crippen LogP contribution in [-0.4, -0.2) is 37.2 Å². The molecule has 1 fully saturated rings. The molecule has 7 nitrogen and oxygen atoms in total. The number of nitrogens with zero attached hydrogens (tertiary/aromatic N) is 3. The van der Waals surface area contributed by atoms with Crippen molar-refractivity contribution >= 4 is 17.0 Å². The van der Waals surface area contributed by atoms with Crippen LogP contribution in [0.5, 0.6) is 5.75 Å². The highest BCUT2D eigenvalue weighted by atomic mass is 16.5. The van der Waals surface area contributed by atoms with Gasteiger partial charge in [-0.2, -0.15) is 0 Å². The van der Waals surface area contributed by atoms with Gasteiger partial charge in [0.15, 0.2) is 11.5 Å². The van der Waals surface area contributed by atoms with Gasteiger partial charge in [0, 0.05) is 11.6 Å². The Morgan fingerprint density at radius 3 is 2.61 bits per heavy atom. The predicted molar refractivity (Wildman–Crippen MR) is 120 cm³/mol. The first-order valence-electron chi connectivity index (χ1n) is 10.6. The summed E-state index contributed by atoms with van der Waals surface area (Å²) >= 11 is 0. The molecule has 1 saturated carbocycles. The normalized spacial score (nSPS) is 20.8. The molecule has 1 aliphatic rings. The van der Waals surface area contributed by atoms with Crippen molar-refractivity contribution in [1.29, 1.82) is 0 Å². The first kappa shape index (κ1) is 19.5. The summed E-state index contributed by atoms with van der Waals surface area (Å²) < 4.78 is 5.87. The quantitative estimate of drug-likeness (QED) is 0.437. The molecule has 0 spiro atoms. The van der Waals surface area contributed by atoms with E-state index in [1.165, 1.54) is 6.33 Å². The van der Waals surface area contributed by atoms with Crippen LogP contribution in [0.1, 0.15) is 25.3 Å². The topological polar surface area (TPSA) is 96.0 Å². The highest BCUT2D eigenvalue weighted by Crippen LogP contribution is 2.30. The minimum absolute atomic E-state index is 0.191. The first-order valence-corrected chi connectivity index (χ1v) is 10.6. The Morgan fingerprint density at radius 2 is 1.87 bits per heavy atom. The number of benzene rings is 2. The van der Waals surface area contributed by atoms with Crippen molar-refractivity contribution in [3.8, 4) is 17.1 Å². The summed E-state index contributed by atoms with van der Waals surface area (Å²) in [5, 5.41) is 13.5. The smallest absolute Gasteiger partial charge is 0.183 e. The van der Waals surface area contributed by atoms with E-state index in [0.717, 1.165) is 46.9 Å². The Bertz CT molecular complexity index is 1150. The van der Waals surface area contributed by atoms with Crippen LogP contribution in [-0.2, 0) is 6.61 Å². The molecule has 0 saturated heterocycles. The summed E-state index contributed by atoms with van der Waals surface area (Å²) in [5.74, 6) is 2.54. The molecule has 0 aliphatic heterocycles. The zero-order chi connectivity index (χ0) is 21.2. The fraction of sp³-hybridized carbons (Fsp3) is 0.292. The van der Waals surface area contributed by atoms with Gasteiger partial charge in [-0.25, -0.2) is 15.0 Å². The van der Waals surface area contributed by atoms with Crippen LogP contribution in [0.4, 0.5) is 5.82 Å². The predicted octanol–water partition coefficient (Wildman–Crippen LogP) is 4.17. The second kappa shape index (κ2) is 8.35. The molecular formula is C24H25N5O2. The number of anilines is 1. The maximum Gasteiger partial charge on any atom is 0.183 e. The zero-order valence-electron chi connectivity index (χ0n) is 17.3. The van der Waals surface area contributed by atoms with Gasteiger partial charge in [0.1, 0.15) is 30.0 Å². The minimum atomic E-state index is -0.269. The highest BCUT2D eigenvalue weighted by Gasteiger charge is 2.30. The number of aromatic nitrogens is 4. The van der Waals surface area contributed by atoms with Crippen LogP contribution < -0.4 is 10.1 Å². The van der Waals surface area contributed by atoms with E-state index in [9.17, 15) is 5.11 Å². The number of aliphatic hydroxyl groups is 1. The molecule has 1 aliphatic carbocycles. The molecule has 4 aromatic rings. The molecule has 0 radical (unpaired) electrons. The number of hydrogen-bond acceptors (Lipinski definition) is 6. The minimum Gasteiger partial charge on any atom is -0.489 e. The average Bonchev–Trinajstić information content (AvgIpc) is 3.37. The number of nitrogens with one attached hydrogen (secondary N) is 2. The maximum absolute atomic E-state index is 10.0. The average molecular weight is 415 g/mol. The molecule has 3 N–H and O–H groups in total. The van der Waals surface area contributed by atoms with E-state index >= 15 is 0 Å². The summed E-state index contributed by atoms with van der Waals surface area (Å²) in [4.78, 5) is 16.7. The van der Waals surface area contributed by atoms with Gasteiger partial charge < -0.3 is 20.1 Å². The summed E-state index contributed by atoms with van der Waals surface area (Å²) in [7, 11) is 0. The van der Waals surface area contributed by atoms with Gasteiger partial charge in [-0.1, -0.05) is 37.3 Å². The van der Waals surface area contributed by atoms with E-state index in [4.69, 9.17) is 4.74 Å². The summed E-state index contributed by atoms with van der Waals surface area (Å²) in [6.45, 7) is 2.60. The largest absolute Gasteiger partial charge is 0.489 e. The highest BCUT2D eigenvalue weighted by molar-refractivity contribution is 5.85. The summed E-state index contributed by atoms with van der Waals surface area (Å²) in [5.41, 5.74) is 3.46. The van der Waals surface area contributed by atoms with Crippen molar-refractivity contribution < 1.29 is 9.84 Å². The van der Waals surface area contributed by atoms with Gasteiger partial charge >= 0.3 is 0 Å². The molecule has 7 heteroatoms. The standard InChI is InChI=1S/C24H25N5O2/c1-15-11-18(12-20(15)30)27-23-21-24(26-14-25-23)29-22(28-21)17-7-9-19(10-8-17)31-13-16-5-3-2-4-6-16/h2-10,14-15,18,20,30H,11-13H2,1H3,(H2,25,26,27,28,29)/t15-,18+,20-/m0/s1. The molecule has 5 rings (SSSR count). The number of aromatic amines is 1. The Kier molecular flexibility index (Phi) is 5.26. The van der Waals surface area contributed by atoms with Crippen molar-refractivity contribution in [3.63, 3.8) is 0 Å². The number of H-pyrrole nitrogens is 1. The van der Waals surface area contributed by atoms with Gasteiger partial charge in [0.25, 0.3) is 0 Å². The van der Waals surface area contributed by atoms with Crippen LogP contribution in [0.25, 0.3) is 22.6 Å². The second-order valence-corrected chi connectivity index (χ2v) is 8.16. The zero-order valence-corrected chi connectivity index (χ0v) is 17.3. The van der Waals surface area contributed by atoms with Gasteiger partial charge in [-0.15, -0.1) is 0 Å². The molecule has 2 heterocycles. The third-order valence-corrected chi connectivity index (χ3v) is 5.84. The number of hydrogen-bond donors (Lipinski definition) is 3. The van der Waals surface area contributed by atoms with Gasteiger partial charge in [0.05, 0.1) is 6.10 Å². The van der Waals surface area contributed by atoms with Gasteiger partial charge in [-0.05, 0) is 48.6 Å². The Morgan fingerprint density at radius 1 is 1.06 bits per heavy atom. The lowest BCUT2D eigenvalue weighted by atomic mass is 10.1. The van der Waals surface area contributed by atoms with E-state index in [-0.39, 0.29) is 18.1 Å². The first-order chi connectivity index (χ1) is 15.2. The molecule has 3 atom stereocenters. The Hall–Kier alpha value is -3.45. The Balaban J connectivity index is 1.32. The van der Waals surface area contributed by atoms with Crippen LogP contribution in [0, 0.1) is 5.92 Å². The SMILES string of the molecule is C[C@H]1C[C@@H](Nc2ncnc3nc(-c4ccc(OCc5ccccc5)cc4)[nH]c23)C[C@@H]1O. The fourth-order valence-corrected chi connectivity index (χ4v) is 4.06. The van der Waals surface area contributed by atoms with Crippen molar-refractivity contribution in [2.24, 2.45) is 5.92 Å². The van der Waals surface area contributed by atoms with Gasteiger partial charge in [-0.3, -0.25) is 0 Å². The molecule has 2 aromatic heterocycles. The molecule has 31 heavy (non-hydrogen) atoms. The summed E-state index contributed by atoms with van der Waals surface area (Å²) in [6, 6.07) is 18.1. The maximum atomic E-state index is 10.0. The monoisotopic (exact) mass is 415 g/mol. The van der Waals surface area contributed by atoms with E-state index in [0.29, 0.717) is 12.3 Å². The van der Waals surface area contributed by atoms with Crippen molar-refractivity contribution in [1.82, 2.24) is 19.9 Å². The lowest BCUT2D eigenvalue weighted by Crippen LogP contribution is -2.17. The molecule has 0 unspecified atom stereocenters. The molecule has 0 bridgehead atoms. The van der Waals surface area contributed by atoms with Crippen LogP contribution >= 0.6 is 0 Å². The van der Waals surface area contributed by atoms with E-state index in [1.54, 1.807) is 0 Å². The summed E-state index contributed by atoms with van der Waals surface area (Å²) in [6.07, 6.45) is 2.88. The van der Waals surface area contributed by atoms with Crippen molar-refractivity contribution in [2.45, 2.75) is 38.5 Å². The van der Waals surface area contributed by atoms with Crippen molar-refractivity contribution in [3.05, 3.63) is 66.5 Å². The van der Waals surface area contributed by atoms with Gasteiger partial charge in [0.2, 0.25) is 0 Å². The number of aliphatic hydroxyl groups excluding tert-OH is 1. The van der Waals surface area contributed by atoms with Crippen LogP contribution in [0.3, 0.4) is 0 Å². The number of ether oxygens (including phenoxy) is 1. The van der Waals surface area contributed by atoms with Crippen LogP contribution in [0.2, 0.25) is 0 Å². The molecule has 158 valence electrons. The molecule has 2 aromatic carbocycles. The third-order valence-electron chi connectivity index (χ3n) is 5.84. The molecule has 0 amide bonds.